The highest BCUT2D eigenvalue weighted by molar-refractivity contribution is 6.35. The Balaban J connectivity index is 1.53. The lowest BCUT2D eigenvalue weighted by Gasteiger charge is -2.28. The number of halogens is 2. The highest BCUT2D eigenvalue weighted by Gasteiger charge is 2.16. The van der Waals surface area contributed by atoms with E-state index in [0.29, 0.717) is 35.2 Å². The van der Waals surface area contributed by atoms with Gasteiger partial charge in [0.15, 0.2) is 0 Å². The van der Waals surface area contributed by atoms with Gasteiger partial charge in [0.2, 0.25) is 5.91 Å². The Kier molecular flexibility index (Phi) is 8.16. The minimum absolute atomic E-state index is 0.0914. The van der Waals surface area contributed by atoms with Crippen LogP contribution in [0.4, 0.5) is 0 Å². The summed E-state index contributed by atoms with van der Waals surface area (Å²) < 4.78 is 5.58. The first-order valence-electron chi connectivity index (χ1n) is 8.57. The van der Waals surface area contributed by atoms with Crippen LogP contribution in [-0.4, -0.2) is 44.1 Å². The molecule has 2 rings (SSSR count). The van der Waals surface area contributed by atoms with Gasteiger partial charge in [-0.05, 0) is 69.9 Å². The number of hydrogen-bond donors (Lipinski definition) is 1. The Bertz CT molecular complexity index is 532. The van der Waals surface area contributed by atoms with Gasteiger partial charge >= 0.3 is 0 Å². The quantitative estimate of drug-likeness (QED) is 0.701. The first kappa shape index (κ1) is 19.4. The Morgan fingerprint density at radius 2 is 2.08 bits per heavy atom. The summed E-state index contributed by atoms with van der Waals surface area (Å²) in [6.45, 7) is 3.58. The van der Waals surface area contributed by atoms with Crippen LogP contribution in [0.5, 0.6) is 5.75 Å². The predicted octanol–water partition coefficient (Wildman–Crippen LogP) is 4.00. The average Bonchev–Trinajstić information content (AvgIpc) is 2.55. The number of hydrogen-bond acceptors (Lipinski definition) is 3. The van der Waals surface area contributed by atoms with E-state index in [1.165, 1.54) is 25.9 Å². The fourth-order valence-corrected chi connectivity index (χ4v) is 3.33. The van der Waals surface area contributed by atoms with E-state index in [9.17, 15) is 4.79 Å². The van der Waals surface area contributed by atoms with Gasteiger partial charge in [0.05, 0.1) is 11.6 Å². The number of amides is 1. The first-order valence-corrected chi connectivity index (χ1v) is 9.33. The SMILES string of the molecule is CN1CCC(CCNC(=O)CCCOc2ccc(Cl)cc2Cl)CC1. The number of rotatable bonds is 8. The molecule has 1 aromatic carbocycles. The molecule has 0 spiro atoms. The van der Waals surface area contributed by atoms with Gasteiger partial charge in [0.1, 0.15) is 5.75 Å². The van der Waals surface area contributed by atoms with Gasteiger partial charge in [0, 0.05) is 18.0 Å². The van der Waals surface area contributed by atoms with Gasteiger partial charge in [-0.3, -0.25) is 4.79 Å². The third-order valence-electron chi connectivity index (χ3n) is 4.41. The van der Waals surface area contributed by atoms with Gasteiger partial charge < -0.3 is 15.0 Å². The van der Waals surface area contributed by atoms with E-state index in [2.05, 4.69) is 17.3 Å². The van der Waals surface area contributed by atoms with Crippen LogP contribution in [0.25, 0.3) is 0 Å². The Hall–Kier alpha value is -0.970. The molecule has 1 saturated heterocycles. The number of likely N-dealkylation sites (tertiary alicyclic amines) is 1. The summed E-state index contributed by atoms with van der Waals surface area (Å²) in [6, 6.07) is 5.12. The van der Waals surface area contributed by atoms with E-state index in [1.54, 1.807) is 18.2 Å². The Morgan fingerprint density at radius 3 is 2.79 bits per heavy atom. The molecule has 1 N–H and O–H groups in total. The molecule has 0 saturated carbocycles. The van der Waals surface area contributed by atoms with Gasteiger partial charge in [-0.25, -0.2) is 0 Å². The molecule has 0 atom stereocenters. The van der Waals surface area contributed by atoms with Crippen molar-refractivity contribution in [3.05, 3.63) is 28.2 Å². The summed E-state index contributed by atoms with van der Waals surface area (Å²) >= 11 is 11.9. The third-order valence-corrected chi connectivity index (χ3v) is 4.94. The number of nitrogens with zero attached hydrogens (tertiary/aromatic N) is 1. The molecule has 0 unspecified atom stereocenters. The number of carbonyl (C=O) groups is 1. The van der Waals surface area contributed by atoms with Crippen LogP contribution in [-0.2, 0) is 4.79 Å². The van der Waals surface area contributed by atoms with Crippen LogP contribution < -0.4 is 10.1 Å². The van der Waals surface area contributed by atoms with E-state index in [1.807, 2.05) is 0 Å². The molecule has 134 valence electrons. The van der Waals surface area contributed by atoms with Crippen molar-refractivity contribution < 1.29 is 9.53 Å². The number of ether oxygens (including phenoxy) is 1. The van der Waals surface area contributed by atoms with Crippen LogP contribution in [0.1, 0.15) is 32.1 Å². The van der Waals surface area contributed by atoms with Crippen LogP contribution in [0.2, 0.25) is 10.0 Å². The minimum atomic E-state index is 0.0914. The van der Waals surface area contributed by atoms with Crippen molar-refractivity contribution in [2.45, 2.75) is 32.1 Å². The molecule has 24 heavy (non-hydrogen) atoms. The molecule has 6 heteroatoms. The molecule has 0 bridgehead atoms. The van der Waals surface area contributed by atoms with Crippen LogP contribution in [0, 0.1) is 5.92 Å². The monoisotopic (exact) mass is 372 g/mol. The minimum Gasteiger partial charge on any atom is -0.492 e. The van der Waals surface area contributed by atoms with Crippen molar-refractivity contribution in [3.63, 3.8) is 0 Å². The largest absolute Gasteiger partial charge is 0.492 e. The van der Waals surface area contributed by atoms with Crippen molar-refractivity contribution in [1.29, 1.82) is 0 Å². The van der Waals surface area contributed by atoms with Gasteiger partial charge in [-0.15, -0.1) is 0 Å². The van der Waals surface area contributed by atoms with Gasteiger partial charge in [0.25, 0.3) is 0 Å². The molecule has 1 amide bonds. The van der Waals surface area contributed by atoms with Crippen molar-refractivity contribution in [1.82, 2.24) is 10.2 Å². The second-order valence-corrected chi connectivity index (χ2v) is 7.26. The Labute approximate surface area is 154 Å². The Morgan fingerprint density at radius 1 is 1.33 bits per heavy atom. The normalized spacial score (nSPS) is 16.1. The van der Waals surface area contributed by atoms with E-state index in [0.717, 1.165) is 18.9 Å². The summed E-state index contributed by atoms with van der Waals surface area (Å²) in [4.78, 5) is 14.2. The van der Waals surface area contributed by atoms with Crippen molar-refractivity contribution in [3.8, 4) is 5.75 Å². The fraction of sp³-hybridized carbons (Fsp3) is 0.611. The summed E-state index contributed by atoms with van der Waals surface area (Å²) in [5.41, 5.74) is 0. The number of nitrogens with one attached hydrogen (secondary N) is 1. The van der Waals surface area contributed by atoms with Gasteiger partial charge in [-0.1, -0.05) is 23.2 Å². The van der Waals surface area contributed by atoms with E-state index in [-0.39, 0.29) is 5.91 Å². The molecule has 0 aromatic heterocycles. The molecular formula is C18H26Cl2N2O2. The topological polar surface area (TPSA) is 41.6 Å². The van der Waals surface area contributed by atoms with Crippen LogP contribution in [0.3, 0.4) is 0 Å². The van der Waals surface area contributed by atoms with Crippen molar-refractivity contribution in [2.24, 2.45) is 5.92 Å². The standard InChI is InChI=1S/C18H26Cl2N2O2/c1-22-10-7-14(8-11-22)6-9-21-18(23)3-2-12-24-17-5-4-15(19)13-16(17)20/h4-5,13-14H,2-3,6-12H2,1H3,(H,21,23). The summed E-state index contributed by atoms with van der Waals surface area (Å²) in [5, 5.41) is 4.08. The zero-order chi connectivity index (χ0) is 17.4. The maximum atomic E-state index is 11.8. The molecule has 0 aliphatic carbocycles. The second-order valence-electron chi connectivity index (χ2n) is 6.41. The molecule has 0 radical (unpaired) electrons. The van der Waals surface area contributed by atoms with Crippen LogP contribution in [0.15, 0.2) is 18.2 Å². The zero-order valence-electron chi connectivity index (χ0n) is 14.2. The summed E-state index contributed by atoms with van der Waals surface area (Å²) in [5.74, 6) is 1.44. The predicted molar refractivity (Wildman–Crippen MR) is 99.0 cm³/mol. The maximum absolute atomic E-state index is 11.8. The lowest BCUT2D eigenvalue weighted by atomic mass is 9.94. The van der Waals surface area contributed by atoms with E-state index < -0.39 is 0 Å². The summed E-state index contributed by atoms with van der Waals surface area (Å²) in [7, 11) is 2.16. The fourth-order valence-electron chi connectivity index (χ4n) is 2.86. The smallest absolute Gasteiger partial charge is 0.220 e. The number of benzene rings is 1. The van der Waals surface area contributed by atoms with Crippen LogP contribution >= 0.6 is 23.2 Å². The molecule has 1 aromatic rings. The first-order chi connectivity index (χ1) is 11.5. The highest BCUT2D eigenvalue weighted by atomic mass is 35.5. The molecular weight excluding hydrogens is 347 g/mol. The highest BCUT2D eigenvalue weighted by Crippen LogP contribution is 2.27. The van der Waals surface area contributed by atoms with Crippen molar-refractivity contribution >= 4 is 29.1 Å². The number of piperidine rings is 1. The van der Waals surface area contributed by atoms with E-state index >= 15 is 0 Å². The second kappa shape index (κ2) is 10.1. The lowest BCUT2D eigenvalue weighted by Crippen LogP contribution is -2.32. The molecule has 4 nitrogen and oxygen atoms in total. The average molecular weight is 373 g/mol. The summed E-state index contributed by atoms with van der Waals surface area (Å²) in [6.07, 6.45) is 4.69. The zero-order valence-corrected chi connectivity index (χ0v) is 15.7. The molecule has 1 heterocycles. The van der Waals surface area contributed by atoms with E-state index in [4.69, 9.17) is 27.9 Å². The van der Waals surface area contributed by atoms with Gasteiger partial charge in [-0.2, -0.15) is 0 Å². The number of carbonyl (C=O) groups excluding carboxylic acids is 1. The molecule has 1 fully saturated rings. The van der Waals surface area contributed by atoms with Crippen molar-refractivity contribution in [2.75, 3.05) is 33.3 Å². The molecule has 1 aliphatic rings. The lowest BCUT2D eigenvalue weighted by molar-refractivity contribution is -0.121. The maximum Gasteiger partial charge on any atom is 0.220 e. The molecule has 1 aliphatic heterocycles. The third kappa shape index (κ3) is 6.88.